The van der Waals surface area contributed by atoms with E-state index in [0.29, 0.717) is 23.3 Å². The van der Waals surface area contributed by atoms with Gasteiger partial charge >= 0.3 is 5.69 Å². The van der Waals surface area contributed by atoms with Crippen molar-refractivity contribution in [1.82, 2.24) is 19.4 Å². The molecule has 3 N–H and O–H groups in total. The lowest BCUT2D eigenvalue weighted by molar-refractivity contribution is -0.135. The maximum Gasteiger partial charge on any atom is 0.329 e. The minimum atomic E-state index is -0.704. The fourth-order valence-electron chi connectivity index (χ4n) is 4.82. The lowest BCUT2D eigenvalue weighted by Gasteiger charge is -2.31. The van der Waals surface area contributed by atoms with Crippen LogP contribution in [0.2, 0.25) is 0 Å². The molecule has 2 saturated heterocycles. The molecule has 2 aliphatic heterocycles. The third-order valence-corrected chi connectivity index (χ3v) is 6.67. The van der Waals surface area contributed by atoms with Crippen LogP contribution in [0.15, 0.2) is 41.3 Å². The molecule has 1 aromatic carbocycles. The van der Waals surface area contributed by atoms with Gasteiger partial charge < -0.3 is 10.6 Å². The second-order valence-electron chi connectivity index (χ2n) is 8.82. The minimum Gasteiger partial charge on any atom is -0.384 e. The number of hydrogen-bond donors (Lipinski definition) is 2. The van der Waals surface area contributed by atoms with Crippen LogP contribution in [0.4, 0.5) is 11.5 Å². The molecular formula is C25H26N6O3. The maximum atomic E-state index is 13.1. The van der Waals surface area contributed by atoms with Gasteiger partial charge in [-0.2, -0.15) is 0 Å². The zero-order valence-corrected chi connectivity index (χ0v) is 19.0. The number of fused-ring (bicyclic) bond motifs is 1. The van der Waals surface area contributed by atoms with E-state index in [1.807, 2.05) is 30.3 Å². The highest BCUT2D eigenvalue weighted by Crippen LogP contribution is 2.26. The molecule has 2 fully saturated rings. The first kappa shape index (κ1) is 21.8. The van der Waals surface area contributed by atoms with Crippen molar-refractivity contribution < 1.29 is 9.59 Å². The molecule has 3 aromatic rings. The summed E-state index contributed by atoms with van der Waals surface area (Å²) in [5.74, 6) is 6.72. The Morgan fingerprint density at radius 2 is 1.88 bits per heavy atom. The van der Waals surface area contributed by atoms with E-state index in [1.165, 1.54) is 4.57 Å². The van der Waals surface area contributed by atoms with E-state index in [4.69, 9.17) is 5.73 Å². The molecule has 9 heteroatoms. The topological polar surface area (TPSA) is 115 Å². The summed E-state index contributed by atoms with van der Waals surface area (Å²) in [6.07, 6.45) is 4.19. The van der Waals surface area contributed by atoms with Gasteiger partial charge in [-0.15, -0.1) is 0 Å². The van der Waals surface area contributed by atoms with Gasteiger partial charge in [0, 0.05) is 32.5 Å². The van der Waals surface area contributed by atoms with Gasteiger partial charge in [-0.25, -0.2) is 9.78 Å². The van der Waals surface area contributed by atoms with Crippen LogP contribution in [0.3, 0.4) is 0 Å². The van der Waals surface area contributed by atoms with Crippen molar-refractivity contribution in [2.24, 2.45) is 13.0 Å². The molecule has 1 unspecified atom stereocenters. The van der Waals surface area contributed by atoms with Gasteiger partial charge in [-0.1, -0.05) is 17.9 Å². The number of benzene rings is 1. The summed E-state index contributed by atoms with van der Waals surface area (Å²) in [6, 6.07) is 8.67. The fraction of sp³-hybridized carbons (Fsp3) is 0.360. The minimum absolute atomic E-state index is 0.212. The van der Waals surface area contributed by atoms with Gasteiger partial charge in [0.2, 0.25) is 11.8 Å². The van der Waals surface area contributed by atoms with Crippen LogP contribution in [0.5, 0.6) is 0 Å². The summed E-state index contributed by atoms with van der Waals surface area (Å²) in [7, 11) is 1.69. The average Bonchev–Trinajstić information content (AvgIpc) is 3.09. The number of pyridine rings is 1. The largest absolute Gasteiger partial charge is 0.384 e. The number of anilines is 2. The van der Waals surface area contributed by atoms with Crippen LogP contribution in [0, 0.1) is 17.8 Å². The molecule has 0 bridgehead atoms. The second-order valence-corrected chi connectivity index (χ2v) is 8.82. The van der Waals surface area contributed by atoms with Gasteiger partial charge in [0.25, 0.3) is 0 Å². The van der Waals surface area contributed by atoms with E-state index < -0.39 is 11.9 Å². The fourth-order valence-corrected chi connectivity index (χ4v) is 4.82. The maximum absolute atomic E-state index is 13.1. The van der Waals surface area contributed by atoms with E-state index in [2.05, 4.69) is 27.0 Å². The number of nitrogens with zero attached hydrogens (tertiary/aromatic N) is 4. The van der Waals surface area contributed by atoms with Crippen molar-refractivity contribution in [3.63, 3.8) is 0 Å². The van der Waals surface area contributed by atoms with Gasteiger partial charge in [0.1, 0.15) is 11.9 Å². The van der Waals surface area contributed by atoms with Crippen molar-refractivity contribution in [2.45, 2.75) is 31.7 Å². The number of nitrogens with one attached hydrogen (secondary N) is 1. The molecule has 5 rings (SSSR count). The third-order valence-electron chi connectivity index (χ3n) is 6.67. The molecule has 0 spiro atoms. The number of hydrogen-bond acceptors (Lipinski definition) is 6. The molecule has 0 radical (unpaired) electrons. The van der Waals surface area contributed by atoms with Gasteiger partial charge in [-0.3, -0.25) is 24.0 Å². The highest BCUT2D eigenvalue weighted by Gasteiger charge is 2.31. The van der Waals surface area contributed by atoms with Crippen molar-refractivity contribution >= 4 is 34.4 Å². The molecule has 4 heterocycles. The molecule has 2 amide bonds. The molecule has 174 valence electrons. The Kier molecular flexibility index (Phi) is 5.57. The van der Waals surface area contributed by atoms with Crippen molar-refractivity contribution in [3.05, 3.63) is 52.6 Å². The number of aryl methyl sites for hydroxylation is 1. The summed E-state index contributed by atoms with van der Waals surface area (Å²) in [5.41, 5.74) is 8.58. The predicted octanol–water partition coefficient (Wildman–Crippen LogP) is 1.56. The first-order valence-corrected chi connectivity index (χ1v) is 11.4. The summed E-state index contributed by atoms with van der Waals surface area (Å²) >= 11 is 0. The third kappa shape index (κ3) is 3.92. The molecule has 2 aliphatic rings. The zero-order valence-electron chi connectivity index (χ0n) is 19.0. The Morgan fingerprint density at radius 3 is 2.59 bits per heavy atom. The first-order chi connectivity index (χ1) is 16.4. The molecule has 0 saturated carbocycles. The monoisotopic (exact) mass is 458 g/mol. The van der Waals surface area contributed by atoms with Crippen LogP contribution in [-0.2, 0) is 16.6 Å². The van der Waals surface area contributed by atoms with Crippen molar-refractivity contribution in [2.75, 3.05) is 23.7 Å². The van der Waals surface area contributed by atoms with E-state index in [9.17, 15) is 14.4 Å². The van der Waals surface area contributed by atoms with Crippen molar-refractivity contribution in [3.8, 4) is 11.8 Å². The molecule has 0 aliphatic carbocycles. The Balaban J connectivity index is 1.39. The molecule has 1 atom stereocenters. The predicted molar refractivity (Wildman–Crippen MR) is 129 cm³/mol. The number of para-hydroxylation sites is 1. The standard InChI is InChI=1S/C25H26N6O3/c1-29-23-17(6-5-16-11-13-30(14-12-16)18-7-9-21(26)27-15-18)3-2-4-19(23)31(25(29)34)20-8-10-22(32)28-24(20)33/h2-4,7,9,15-16,20H,8,10-14H2,1H3,(H2,26,27)(H,28,32,33). The second kappa shape index (κ2) is 8.71. The number of carbonyl (C=O) groups excluding carboxylic acids is 2. The van der Waals surface area contributed by atoms with Crippen LogP contribution >= 0.6 is 0 Å². The quantitative estimate of drug-likeness (QED) is 0.445. The highest BCUT2D eigenvalue weighted by atomic mass is 16.2. The normalized spacial score (nSPS) is 19.1. The number of imidazole rings is 1. The Hall–Kier alpha value is -4.06. The van der Waals surface area contributed by atoms with Crippen molar-refractivity contribution in [1.29, 1.82) is 0 Å². The number of amides is 2. The van der Waals surface area contributed by atoms with E-state index >= 15 is 0 Å². The Bertz CT molecular complexity index is 1380. The van der Waals surface area contributed by atoms with E-state index in [0.717, 1.165) is 37.2 Å². The number of aromatic nitrogens is 3. The number of nitrogens with two attached hydrogens (primary N) is 1. The van der Waals surface area contributed by atoms with Crippen LogP contribution in [0.25, 0.3) is 11.0 Å². The van der Waals surface area contributed by atoms with Crippen LogP contribution < -0.4 is 21.6 Å². The number of rotatable bonds is 2. The average molecular weight is 459 g/mol. The highest BCUT2D eigenvalue weighted by molar-refractivity contribution is 6.00. The Morgan fingerprint density at radius 1 is 1.09 bits per heavy atom. The number of carbonyl (C=O) groups is 2. The smallest absolute Gasteiger partial charge is 0.329 e. The molecule has 2 aromatic heterocycles. The number of nitrogen functional groups attached to an aromatic ring is 1. The van der Waals surface area contributed by atoms with Gasteiger partial charge in [0.05, 0.1) is 28.5 Å². The number of imide groups is 1. The lowest BCUT2D eigenvalue weighted by Crippen LogP contribution is -2.44. The van der Waals surface area contributed by atoms with Crippen LogP contribution in [0.1, 0.15) is 37.3 Å². The zero-order chi connectivity index (χ0) is 23.8. The van der Waals surface area contributed by atoms with E-state index in [1.54, 1.807) is 17.8 Å². The summed E-state index contributed by atoms with van der Waals surface area (Å²) in [5, 5.41) is 2.34. The van der Waals surface area contributed by atoms with Crippen LogP contribution in [-0.4, -0.2) is 39.0 Å². The van der Waals surface area contributed by atoms with Gasteiger partial charge in [0.15, 0.2) is 0 Å². The molecule has 9 nitrogen and oxygen atoms in total. The first-order valence-electron chi connectivity index (χ1n) is 11.4. The molecular weight excluding hydrogens is 432 g/mol. The van der Waals surface area contributed by atoms with Gasteiger partial charge in [-0.05, 0) is 43.5 Å². The summed E-state index contributed by atoms with van der Waals surface area (Å²) in [6.45, 7) is 1.78. The summed E-state index contributed by atoms with van der Waals surface area (Å²) in [4.78, 5) is 43.5. The lowest BCUT2D eigenvalue weighted by atomic mass is 9.96. The number of piperidine rings is 2. The summed E-state index contributed by atoms with van der Waals surface area (Å²) < 4.78 is 3.03. The SMILES string of the molecule is Cn1c(=O)n(C2CCC(=O)NC2=O)c2cccc(C#CC3CCN(c4ccc(N)nc4)CC3)c21. The van der Waals surface area contributed by atoms with E-state index in [-0.39, 0.29) is 23.9 Å². The Labute approximate surface area is 196 Å². The molecule has 34 heavy (non-hydrogen) atoms.